The molecule has 7 nitrogen and oxygen atoms in total. The van der Waals surface area contributed by atoms with Gasteiger partial charge < -0.3 is 10.1 Å². The third-order valence-corrected chi connectivity index (χ3v) is 6.72. The molecule has 1 N–H and O–H groups in total. The van der Waals surface area contributed by atoms with E-state index >= 15 is 0 Å². The molecule has 0 spiro atoms. The molecule has 0 radical (unpaired) electrons. The molecule has 0 aromatic heterocycles. The second kappa shape index (κ2) is 9.19. The van der Waals surface area contributed by atoms with Gasteiger partial charge in [0, 0.05) is 13.1 Å². The number of hydrogen-bond donors (Lipinski definition) is 1. The van der Waals surface area contributed by atoms with Crippen molar-refractivity contribution >= 4 is 21.9 Å². The number of nitrogens with zero attached hydrogens (tertiary/aromatic N) is 1. The molecular formula is C21H24N2O5S. The Hall–Kier alpha value is -2.71. The summed E-state index contributed by atoms with van der Waals surface area (Å²) in [6, 6.07) is 14.8. The van der Waals surface area contributed by atoms with Gasteiger partial charge in [-0.15, -0.1) is 0 Å². The largest absolute Gasteiger partial charge is 0.452 e. The van der Waals surface area contributed by atoms with Gasteiger partial charge in [-0.1, -0.05) is 30.3 Å². The van der Waals surface area contributed by atoms with E-state index in [1.165, 1.54) is 28.6 Å². The number of carbonyl (C=O) groups excluding carboxylic acids is 2. The molecule has 1 amide bonds. The number of hydrogen-bond acceptors (Lipinski definition) is 5. The van der Waals surface area contributed by atoms with Crippen molar-refractivity contribution in [2.24, 2.45) is 0 Å². The lowest BCUT2D eigenvalue weighted by molar-refractivity contribution is -0.124. The lowest BCUT2D eigenvalue weighted by Gasteiger charge is -2.15. The number of carbonyl (C=O) groups is 2. The second-order valence-electron chi connectivity index (χ2n) is 6.91. The first-order valence-corrected chi connectivity index (χ1v) is 10.9. The molecule has 1 saturated heterocycles. The normalized spacial score (nSPS) is 15.6. The number of esters is 1. The molecule has 0 unspecified atom stereocenters. The van der Waals surface area contributed by atoms with Crippen LogP contribution in [-0.2, 0) is 19.6 Å². The van der Waals surface area contributed by atoms with E-state index < -0.39 is 28.5 Å². The maximum atomic E-state index is 12.5. The summed E-state index contributed by atoms with van der Waals surface area (Å²) in [4.78, 5) is 24.3. The third-order valence-electron chi connectivity index (χ3n) is 4.80. The summed E-state index contributed by atoms with van der Waals surface area (Å²) >= 11 is 0. The summed E-state index contributed by atoms with van der Waals surface area (Å²) in [6.07, 6.45) is 1.71. The minimum absolute atomic E-state index is 0.144. The lowest BCUT2D eigenvalue weighted by Crippen LogP contribution is -2.31. The van der Waals surface area contributed by atoms with E-state index in [1.807, 2.05) is 37.3 Å². The monoisotopic (exact) mass is 416 g/mol. The van der Waals surface area contributed by atoms with Gasteiger partial charge in [-0.3, -0.25) is 4.79 Å². The molecule has 1 aliphatic heterocycles. The summed E-state index contributed by atoms with van der Waals surface area (Å²) < 4.78 is 31.5. The minimum atomic E-state index is -3.53. The molecule has 3 rings (SSSR count). The number of benzene rings is 2. The Kier molecular flexibility index (Phi) is 6.66. The highest BCUT2D eigenvalue weighted by Crippen LogP contribution is 2.21. The molecule has 1 heterocycles. The van der Waals surface area contributed by atoms with Crippen molar-refractivity contribution < 1.29 is 22.7 Å². The molecule has 154 valence electrons. The number of rotatable bonds is 7. The van der Waals surface area contributed by atoms with Crippen LogP contribution in [0, 0.1) is 0 Å². The standard InChI is InChI=1S/C21H24N2O5S/c1-16(17-7-3-2-4-8-17)22-20(24)15-28-21(25)18-9-11-19(12-10-18)29(26,27)23-13-5-6-14-23/h2-4,7-12,16H,5-6,13-15H2,1H3,(H,22,24)/t16-/m1/s1. The minimum Gasteiger partial charge on any atom is -0.452 e. The Morgan fingerprint density at radius 2 is 1.66 bits per heavy atom. The Balaban J connectivity index is 1.53. The van der Waals surface area contributed by atoms with Crippen molar-refractivity contribution in [3.05, 3.63) is 65.7 Å². The van der Waals surface area contributed by atoms with Crippen LogP contribution < -0.4 is 5.32 Å². The summed E-state index contributed by atoms with van der Waals surface area (Å²) in [5, 5.41) is 2.76. The van der Waals surface area contributed by atoms with Crippen LogP contribution in [0.25, 0.3) is 0 Å². The van der Waals surface area contributed by atoms with Crippen LogP contribution in [0.2, 0.25) is 0 Å². The predicted molar refractivity (Wildman–Crippen MR) is 108 cm³/mol. The summed E-state index contributed by atoms with van der Waals surface area (Å²) in [6.45, 7) is 2.46. The highest BCUT2D eigenvalue weighted by molar-refractivity contribution is 7.89. The van der Waals surface area contributed by atoms with E-state index in [9.17, 15) is 18.0 Å². The molecule has 0 bridgehead atoms. The fraction of sp³-hybridized carbons (Fsp3) is 0.333. The fourth-order valence-corrected chi connectivity index (χ4v) is 4.68. The van der Waals surface area contributed by atoms with Gasteiger partial charge in [-0.25, -0.2) is 13.2 Å². The molecule has 8 heteroatoms. The van der Waals surface area contributed by atoms with Gasteiger partial charge in [0.15, 0.2) is 6.61 Å². The maximum absolute atomic E-state index is 12.5. The highest BCUT2D eigenvalue weighted by atomic mass is 32.2. The molecule has 1 fully saturated rings. The average Bonchev–Trinajstić information content (AvgIpc) is 3.28. The van der Waals surface area contributed by atoms with E-state index in [0.717, 1.165) is 18.4 Å². The van der Waals surface area contributed by atoms with Crippen LogP contribution >= 0.6 is 0 Å². The first kappa shape index (κ1) is 21.0. The number of ether oxygens (including phenoxy) is 1. The first-order valence-electron chi connectivity index (χ1n) is 9.49. The Bertz CT molecular complexity index is 952. The van der Waals surface area contributed by atoms with Gasteiger partial charge >= 0.3 is 5.97 Å². The zero-order valence-electron chi connectivity index (χ0n) is 16.2. The molecule has 2 aromatic rings. The van der Waals surface area contributed by atoms with Gasteiger partial charge in [0.2, 0.25) is 10.0 Å². The van der Waals surface area contributed by atoms with Crippen molar-refractivity contribution in [1.82, 2.24) is 9.62 Å². The van der Waals surface area contributed by atoms with Crippen molar-refractivity contribution in [3.63, 3.8) is 0 Å². The van der Waals surface area contributed by atoms with Gasteiger partial charge in [0.25, 0.3) is 5.91 Å². The SMILES string of the molecule is C[C@@H](NC(=O)COC(=O)c1ccc(S(=O)(=O)N2CCCC2)cc1)c1ccccc1. The summed E-state index contributed by atoms with van der Waals surface area (Å²) in [5.41, 5.74) is 1.14. The van der Waals surface area contributed by atoms with E-state index in [2.05, 4.69) is 5.32 Å². The van der Waals surface area contributed by atoms with Gasteiger partial charge in [-0.2, -0.15) is 4.31 Å². The zero-order chi connectivity index (χ0) is 20.9. The fourth-order valence-electron chi connectivity index (χ4n) is 3.16. The van der Waals surface area contributed by atoms with E-state index in [0.29, 0.717) is 13.1 Å². The van der Waals surface area contributed by atoms with Crippen LogP contribution in [-0.4, -0.2) is 44.3 Å². The average molecular weight is 416 g/mol. The van der Waals surface area contributed by atoms with Crippen LogP contribution in [0.3, 0.4) is 0 Å². The molecule has 2 aromatic carbocycles. The molecule has 1 atom stereocenters. The van der Waals surface area contributed by atoms with Crippen molar-refractivity contribution in [2.45, 2.75) is 30.7 Å². The van der Waals surface area contributed by atoms with E-state index in [4.69, 9.17) is 4.74 Å². The predicted octanol–water partition coefficient (Wildman–Crippen LogP) is 2.51. The Morgan fingerprint density at radius 3 is 2.28 bits per heavy atom. The lowest BCUT2D eigenvalue weighted by atomic mass is 10.1. The van der Waals surface area contributed by atoms with Gasteiger partial charge in [0.05, 0.1) is 16.5 Å². The Morgan fingerprint density at radius 1 is 1.03 bits per heavy atom. The maximum Gasteiger partial charge on any atom is 0.338 e. The van der Waals surface area contributed by atoms with Gasteiger partial charge in [-0.05, 0) is 49.6 Å². The van der Waals surface area contributed by atoms with E-state index in [1.54, 1.807) is 0 Å². The quantitative estimate of drug-likeness (QED) is 0.700. The van der Waals surface area contributed by atoms with E-state index in [-0.39, 0.29) is 16.5 Å². The van der Waals surface area contributed by atoms with Crippen LogP contribution in [0.15, 0.2) is 59.5 Å². The van der Waals surface area contributed by atoms with Crippen molar-refractivity contribution in [2.75, 3.05) is 19.7 Å². The van der Waals surface area contributed by atoms with Crippen LogP contribution in [0.4, 0.5) is 0 Å². The number of nitrogens with one attached hydrogen (secondary N) is 1. The first-order chi connectivity index (χ1) is 13.9. The Labute approximate surface area is 170 Å². The van der Waals surface area contributed by atoms with Crippen LogP contribution in [0.1, 0.15) is 41.7 Å². The molecule has 0 aliphatic carbocycles. The highest BCUT2D eigenvalue weighted by Gasteiger charge is 2.27. The topological polar surface area (TPSA) is 92.8 Å². The molecule has 29 heavy (non-hydrogen) atoms. The second-order valence-corrected chi connectivity index (χ2v) is 8.85. The molecule has 1 aliphatic rings. The summed E-state index contributed by atoms with van der Waals surface area (Å²) in [5.74, 6) is -1.10. The summed E-state index contributed by atoms with van der Waals surface area (Å²) in [7, 11) is -3.53. The smallest absolute Gasteiger partial charge is 0.338 e. The van der Waals surface area contributed by atoms with Crippen molar-refractivity contribution in [1.29, 1.82) is 0 Å². The third kappa shape index (κ3) is 5.21. The zero-order valence-corrected chi connectivity index (χ0v) is 17.0. The van der Waals surface area contributed by atoms with Crippen LogP contribution in [0.5, 0.6) is 0 Å². The number of sulfonamides is 1. The van der Waals surface area contributed by atoms with Gasteiger partial charge in [0.1, 0.15) is 0 Å². The molecule has 0 saturated carbocycles. The molecular weight excluding hydrogens is 392 g/mol. The van der Waals surface area contributed by atoms with Crippen molar-refractivity contribution in [3.8, 4) is 0 Å². The number of amides is 1.